The van der Waals surface area contributed by atoms with Crippen LogP contribution in [-0.2, 0) is 4.74 Å². The molecule has 0 unspecified atom stereocenters. The Bertz CT molecular complexity index is 340. The highest BCUT2D eigenvalue weighted by atomic mass is 19.3. The van der Waals surface area contributed by atoms with E-state index in [0.29, 0.717) is 5.69 Å². The van der Waals surface area contributed by atoms with E-state index in [-0.39, 0.29) is 12.4 Å². The Balaban J connectivity index is 2.54. The Morgan fingerprint density at radius 2 is 2.00 bits per heavy atom. The van der Waals surface area contributed by atoms with Crippen molar-refractivity contribution in [2.24, 2.45) is 0 Å². The summed E-state index contributed by atoms with van der Waals surface area (Å²) in [6.45, 7) is -0.916. The van der Waals surface area contributed by atoms with Crippen molar-refractivity contribution >= 4 is 11.8 Å². The monoisotopic (exact) mass is 231 g/mol. The fourth-order valence-corrected chi connectivity index (χ4v) is 1.00. The molecule has 88 valence electrons. The summed E-state index contributed by atoms with van der Waals surface area (Å²) < 4.78 is 32.4. The Kier molecular flexibility index (Phi) is 4.50. The van der Waals surface area contributed by atoms with Gasteiger partial charge in [0.05, 0.1) is 6.61 Å². The second kappa shape index (κ2) is 5.89. The summed E-state index contributed by atoms with van der Waals surface area (Å²) in [6, 6.07) is 5.53. The van der Waals surface area contributed by atoms with Gasteiger partial charge >= 0.3 is 12.7 Å². The van der Waals surface area contributed by atoms with Crippen LogP contribution in [0.3, 0.4) is 0 Å². The third-order valence-corrected chi connectivity index (χ3v) is 1.60. The van der Waals surface area contributed by atoms with Crippen LogP contribution in [0.5, 0.6) is 5.75 Å². The molecule has 6 heteroatoms. The third-order valence-electron chi connectivity index (χ3n) is 1.60. The van der Waals surface area contributed by atoms with Gasteiger partial charge in [0.1, 0.15) is 5.75 Å². The van der Waals surface area contributed by atoms with Crippen molar-refractivity contribution in [2.75, 3.05) is 11.9 Å². The number of rotatable bonds is 4. The molecule has 4 nitrogen and oxygen atoms in total. The average molecular weight is 231 g/mol. The summed E-state index contributed by atoms with van der Waals surface area (Å²) in [7, 11) is 0. The van der Waals surface area contributed by atoms with E-state index in [9.17, 15) is 13.6 Å². The lowest BCUT2D eigenvalue weighted by Gasteiger charge is -2.07. The number of alkyl halides is 2. The zero-order valence-electron chi connectivity index (χ0n) is 8.57. The largest absolute Gasteiger partial charge is 0.450 e. The van der Waals surface area contributed by atoms with Gasteiger partial charge in [0, 0.05) is 5.69 Å². The standard InChI is InChI=1S/C10H11F2NO3/c1-2-15-10(14)13-7-3-5-8(6-4-7)16-9(11)12/h3-6,9H,2H2,1H3,(H,13,14). The molecule has 0 bridgehead atoms. The van der Waals surface area contributed by atoms with Crippen molar-refractivity contribution in [3.05, 3.63) is 24.3 Å². The molecule has 0 aliphatic carbocycles. The molecule has 0 fully saturated rings. The molecule has 0 atom stereocenters. The SMILES string of the molecule is CCOC(=O)Nc1ccc(OC(F)F)cc1. The van der Waals surface area contributed by atoms with Gasteiger partial charge in [0.15, 0.2) is 0 Å². The Labute approximate surface area is 91.2 Å². The molecule has 0 aliphatic rings. The maximum Gasteiger partial charge on any atom is 0.411 e. The number of anilines is 1. The summed E-state index contributed by atoms with van der Waals surface area (Å²) in [5.74, 6) is 0.0319. The molecule has 1 aromatic rings. The number of carbonyl (C=O) groups excluding carboxylic acids is 1. The lowest BCUT2D eigenvalue weighted by Crippen LogP contribution is -2.13. The first kappa shape index (κ1) is 12.2. The van der Waals surface area contributed by atoms with Crippen LogP contribution in [0.1, 0.15) is 6.92 Å². The van der Waals surface area contributed by atoms with Gasteiger partial charge in [-0.05, 0) is 31.2 Å². The lowest BCUT2D eigenvalue weighted by molar-refractivity contribution is -0.0498. The van der Waals surface area contributed by atoms with Crippen LogP contribution in [-0.4, -0.2) is 19.3 Å². The molecule has 1 amide bonds. The van der Waals surface area contributed by atoms with Crippen molar-refractivity contribution in [2.45, 2.75) is 13.5 Å². The second-order valence-corrected chi connectivity index (χ2v) is 2.75. The molecule has 16 heavy (non-hydrogen) atoms. The summed E-state index contributed by atoms with van der Waals surface area (Å²) >= 11 is 0. The summed E-state index contributed by atoms with van der Waals surface area (Å²) in [6.07, 6.45) is -0.593. The van der Waals surface area contributed by atoms with Crippen LogP contribution in [0.2, 0.25) is 0 Å². The van der Waals surface area contributed by atoms with Gasteiger partial charge in [-0.25, -0.2) is 4.79 Å². The first-order chi connectivity index (χ1) is 7.61. The quantitative estimate of drug-likeness (QED) is 0.866. The van der Waals surface area contributed by atoms with Crippen molar-refractivity contribution in [3.63, 3.8) is 0 Å². The molecule has 1 N–H and O–H groups in total. The maximum absolute atomic E-state index is 11.8. The van der Waals surface area contributed by atoms with Crippen LogP contribution in [0, 0.1) is 0 Å². The maximum atomic E-state index is 11.8. The van der Waals surface area contributed by atoms with Gasteiger partial charge in [0.2, 0.25) is 0 Å². The zero-order valence-corrected chi connectivity index (χ0v) is 8.57. The van der Waals surface area contributed by atoms with E-state index in [1.54, 1.807) is 6.92 Å². The number of nitrogens with one attached hydrogen (secondary N) is 1. The second-order valence-electron chi connectivity index (χ2n) is 2.75. The number of ether oxygens (including phenoxy) is 2. The average Bonchev–Trinajstić information content (AvgIpc) is 2.20. The summed E-state index contributed by atoms with van der Waals surface area (Å²) in [5, 5.41) is 2.42. The molecular weight excluding hydrogens is 220 g/mol. The van der Waals surface area contributed by atoms with Gasteiger partial charge in [-0.2, -0.15) is 8.78 Å². The zero-order chi connectivity index (χ0) is 12.0. The van der Waals surface area contributed by atoms with Gasteiger partial charge < -0.3 is 9.47 Å². The van der Waals surface area contributed by atoms with Crippen molar-refractivity contribution in [1.82, 2.24) is 0 Å². The van der Waals surface area contributed by atoms with Crippen LogP contribution >= 0.6 is 0 Å². The number of benzene rings is 1. The minimum absolute atomic E-state index is 0.0319. The van der Waals surface area contributed by atoms with Crippen molar-refractivity contribution in [3.8, 4) is 5.75 Å². The number of amides is 1. The molecule has 1 rings (SSSR count). The van der Waals surface area contributed by atoms with Crippen molar-refractivity contribution in [1.29, 1.82) is 0 Å². The molecule has 0 heterocycles. The normalized spacial score (nSPS) is 10.0. The Morgan fingerprint density at radius 3 is 2.50 bits per heavy atom. The minimum atomic E-state index is -2.86. The fraction of sp³-hybridized carbons (Fsp3) is 0.300. The van der Waals surface area contributed by atoms with Gasteiger partial charge in [-0.15, -0.1) is 0 Å². The number of hydrogen-bond acceptors (Lipinski definition) is 3. The van der Waals surface area contributed by atoms with E-state index in [1.165, 1.54) is 24.3 Å². The molecular formula is C10H11F2NO3. The van der Waals surface area contributed by atoms with Crippen LogP contribution in [0.25, 0.3) is 0 Å². The van der Waals surface area contributed by atoms with E-state index in [1.807, 2.05) is 0 Å². The molecule has 0 radical (unpaired) electrons. The minimum Gasteiger partial charge on any atom is -0.450 e. The van der Waals surface area contributed by atoms with Crippen molar-refractivity contribution < 1.29 is 23.0 Å². The van der Waals surface area contributed by atoms with E-state index < -0.39 is 12.7 Å². The highest BCUT2D eigenvalue weighted by Gasteiger charge is 2.05. The molecule has 0 saturated carbocycles. The number of halogens is 2. The first-order valence-electron chi connectivity index (χ1n) is 4.60. The highest BCUT2D eigenvalue weighted by molar-refractivity contribution is 5.84. The molecule has 0 saturated heterocycles. The number of hydrogen-bond donors (Lipinski definition) is 1. The Morgan fingerprint density at radius 1 is 1.38 bits per heavy atom. The van der Waals surface area contributed by atoms with Gasteiger partial charge in [-0.3, -0.25) is 5.32 Å². The molecule has 1 aromatic carbocycles. The lowest BCUT2D eigenvalue weighted by atomic mass is 10.3. The molecule has 0 spiro atoms. The van der Waals surface area contributed by atoms with Gasteiger partial charge in [0.25, 0.3) is 0 Å². The highest BCUT2D eigenvalue weighted by Crippen LogP contribution is 2.17. The van der Waals surface area contributed by atoms with E-state index >= 15 is 0 Å². The number of carbonyl (C=O) groups is 1. The van der Waals surface area contributed by atoms with Crippen LogP contribution in [0.15, 0.2) is 24.3 Å². The molecule has 0 aromatic heterocycles. The van der Waals surface area contributed by atoms with E-state index in [4.69, 9.17) is 0 Å². The summed E-state index contributed by atoms with van der Waals surface area (Å²) in [5.41, 5.74) is 0.445. The molecule has 0 aliphatic heterocycles. The predicted octanol–water partition coefficient (Wildman–Crippen LogP) is 2.86. The smallest absolute Gasteiger partial charge is 0.411 e. The van der Waals surface area contributed by atoms with Gasteiger partial charge in [-0.1, -0.05) is 0 Å². The predicted molar refractivity (Wildman–Crippen MR) is 53.7 cm³/mol. The van der Waals surface area contributed by atoms with Crippen LogP contribution < -0.4 is 10.1 Å². The topological polar surface area (TPSA) is 47.6 Å². The van der Waals surface area contributed by atoms with E-state index in [0.717, 1.165) is 0 Å². The third kappa shape index (κ3) is 4.12. The Hall–Kier alpha value is -1.85. The summed E-state index contributed by atoms with van der Waals surface area (Å²) in [4.78, 5) is 11.0. The fourth-order valence-electron chi connectivity index (χ4n) is 1.00. The van der Waals surface area contributed by atoms with Crippen LogP contribution in [0.4, 0.5) is 19.3 Å². The first-order valence-corrected chi connectivity index (χ1v) is 4.60. The van der Waals surface area contributed by atoms with E-state index in [2.05, 4.69) is 14.8 Å².